The van der Waals surface area contributed by atoms with Crippen molar-refractivity contribution in [2.75, 3.05) is 32.8 Å². The zero-order valence-electron chi connectivity index (χ0n) is 25.6. The van der Waals surface area contributed by atoms with Crippen molar-refractivity contribution in [1.82, 2.24) is 5.32 Å². The van der Waals surface area contributed by atoms with E-state index in [4.69, 9.17) is 51.4 Å². The molecule has 0 bridgehead atoms. The van der Waals surface area contributed by atoms with Crippen LogP contribution in [0.15, 0.2) is 4.99 Å². The molecular formula is C27H52N6O13. The number of rotatable bonds is 14. The third kappa shape index (κ3) is 8.38. The van der Waals surface area contributed by atoms with Crippen LogP contribution < -0.4 is 28.3 Å². The number of nitrogens with zero attached hydrogens (tertiary/aromatic N) is 1. The summed E-state index contributed by atoms with van der Waals surface area (Å²) >= 11 is 0. The van der Waals surface area contributed by atoms with Crippen molar-refractivity contribution in [3.05, 3.63) is 0 Å². The Morgan fingerprint density at radius 3 is 2.11 bits per heavy atom. The maximum absolute atomic E-state index is 11.5. The topological polar surface area (TPSA) is 325 Å². The summed E-state index contributed by atoms with van der Waals surface area (Å²) in [4.78, 5) is 4.11. The molecule has 19 heteroatoms. The van der Waals surface area contributed by atoms with E-state index in [9.17, 15) is 35.7 Å². The molecular weight excluding hydrogens is 616 g/mol. The highest BCUT2D eigenvalue weighted by molar-refractivity contribution is 5.24. The normalized spacial score (nSPS) is 47.5. The molecule has 0 radical (unpaired) electrons. The summed E-state index contributed by atoms with van der Waals surface area (Å²) in [5.74, 6) is 0. The van der Waals surface area contributed by atoms with E-state index in [1.54, 1.807) is 0 Å². The highest BCUT2D eigenvalue weighted by atomic mass is 16.8. The van der Waals surface area contributed by atoms with Crippen molar-refractivity contribution in [3.63, 3.8) is 0 Å². The van der Waals surface area contributed by atoms with Gasteiger partial charge < -0.3 is 92.4 Å². The van der Waals surface area contributed by atoms with Crippen LogP contribution in [0.4, 0.5) is 0 Å². The Balaban J connectivity index is 1.54. The summed E-state index contributed by atoms with van der Waals surface area (Å²) < 4.78 is 35.8. The zero-order chi connectivity index (χ0) is 33.7. The summed E-state index contributed by atoms with van der Waals surface area (Å²) in [5.41, 5.74) is 24.1. The maximum Gasteiger partial charge on any atom is 0.187 e. The lowest BCUT2D eigenvalue weighted by Gasteiger charge is -2.46. The van der Waals surface area contributed by atoms with Gasteiger partial charge in [-0.05, 0) is 26.0 Å². The van der Waals surface area contributed by atoms with Crippen LogP contribution in [0.25, 0.3) is 0 Å². The quantitative estimate of drug-likeness (QED) is 0.0765. The first-order chi connectivity index (χ1) is 22.0. The van der Waals surface area contributed by atoms with Crippen LogP contribution in [0.2, 0.25) is 0 Å². The van der Waals surface area contributed by atoms with E-state index < -0.39 is 117 Å². The molecule has 0 aromatic rings. The fourth-order valence-electron chi connectivity index (χ4n) is 6.31. The Morgan fingerprint density at radius 1 is 0.804 bits per heavy atom. The van der Waals surface area contributed by atoms with Crippen molar-refractivity contribution in [2.24, 2.45) is 27.9 Å². The standard InChI is InChI=1S/C27H52N6O13/c1-32-13-3-2-11(5-28)41-25(13)44-22-12(30)4-14(33-7-10(36)8-34)18(37)24(22)46-27-21(40)23(16(9-35)43-27)45-26-17(31)20(39)19(38)15(6-29)42-26/h10-27,33-40H,1-9,28-31H2. The van der Waals surface area contributed by atoms with Crippen molar-refractivity contribution >= 4 is 6.72 Å². The average molecular weight is 669 g/mol. The first-order valence-electron chi connectivity index (χ1n) is 15.6. The lowest BCUT2D eigenvalue weighted by atomic mass is 9.83. The minimum absolute atomic E-state index is 0.0629. The molecule has 4 fully saturated rings. The van der Waals surface area contributed by atoms with Gasteiger partial charge in [0.05, 0.1) is 37.6 Å². The molecule has 3 heterocycles. The van der Waals surface area contributed by atoms with Crippen LogP contribution in [0, 0.1) is 0 Å². The Hall–Kier alpha value is -1.05. The molecule has 3 aliphatic heterocycles. The second-order valence-corrected chi connectivity index (χ2v) is 12.3. The van der Waals surface area contributed by atoms with Crippen LogP contribution in [-0.4, -0.2) is 185 Å². The van der Waals surface area contributed by atoms with Gasteiger partial charge in [-0.3, -0.25) is 4.99 Å². The minimum Gasteiger partial charge on any atom is -0.394 e. The summed E-state index contributed by atoms with van der Waals surface area (Å²) in [6.45, 7) is 2.51. The molecule has 4 rings (SSSR count). The molecule has 46 heavy (non-hydrogen) atoms. The zero-order valence-corrected chi connectivity index (χ0v) is 25.6. The minimum atomic E-state index is -1.59. The number of aliphatic imine (C=N–C) groups is 1. The summed E-state index contributed by atoms with van der Waals surface area (Å²) in [6, 6.07) is -3.22. The Kier molecular flexibility index (Phi) is 14.0. The third-order valence-electron chi connectivity index (χ3n) is 9.09. The second-order valence-electron chi connectivity index (χ2n) is 12.3. The lowest BCUT2D eigenvalue weighted by molar-refractivity contribution is -0.289. The Labute approximate surface area is 266 Å². The molecule has 3 saturated heterocycles. The first kappa shape index (κ1) is 37.8. The van der Waals surface area contributed by atoms with Crippen LogP contribution in [-0.2, 0) is 28.4 Å². The molecule has 0 aromatic carbocycles. The van der Waals surface area contributed by atoms with Crippen LogP contribution in [0.1, 0.15) is 19.3 Å². The highest BCUT2D eigenvalue weighted by Gasteiger charge is 2.54. The van der Waals surface area contributed by atoms with E-state index in [1.165, 1.54) is 0 Å². The molecule has 16 N–H and O–H groups in total. The maximum atomic E-state index is 11.5. The number of hydrogen-bond acceptors (Lipinski definition) is 19. The largest absolute Gasteiger partial charge is 0.394 e. The average Bonchev–Trinajstić information content (AvgIpc) is 3.36. The molecule has 1 aliphatic carbocycles. The number of nitrogens with one attached hydrogen (secondary N) is 1. The van der Waals surface area contributed by atoms with Gasteiger partial charge in [0.15, 0.2) is 18.9 Å². The van der Waals surface area contributed by atoms with Crippen molar-refractivity contribution in [2.45, 2.75) is 129 Å². The van der Waals surface area contributed by atoms with E-state index in [2.05, 4.69) is 17.0 Å². The fourth-order valence-corrected chi connectivity index (χ4v) is 6.31. The smallest absolute Gasteiger partial charge is 0.187 e. The monoisotopic (exact) mass is 668 g/mol. The molecule has 0 amide bonds. The van der Waals surface area contributed by atoms with Gasteiger partial charge in [0, 0.05) is 31.7 Å². The highest BCUT2D eigenvalue weighted by Crippen LogP contribution is 2.35. The predicted octanol–water partition coefficient (Wildman–Crippen LogP) is -7.11. The fraction of sp³-hybridized carbons (Fsp3) is 0.963. The van der Waals surface area contributed by atoms with Crippen LogP contribution >= 0.6 is 0 Å². The number of ether oxygens (including phenoxy) is 6. The summed E-state index contributed by atoms with van der Waals surface area (Å²) in [5, 5.41) is 75.6. The summed E-state index contributed by atoms with van der Waals surface area (Å²) in [6.07, 6.45) is -15.3. The summed E-state index contributed by atoms with van der Waals surface area (Å²) in [7, 11) is 0. The lowest BCUT2D eigenvalue weighted by Crippen LogP contribution is -2.66. The molecule has 4 aliphatic rings. The molecule has 18 unspecified atom stereocenters. The van der Waals surface area contributed by atoms with Gasteiger partial charge in [-0.1, -0.05) is 0 Å². The molecule has 1 saturated carbocycles. The van der Waals surface area contributed by atoms with Gasteiger partial charge in [0.1, 0.15) is 54.9 Å². The third-order valence-corrected chi connectivity index (χ3v) is 9.09. The van der Waals surface area contributed by atoms with E-state index in [1.807, 2.05) is 0 Å². The number of hydrogen-bond donors (Lipinski definition) is 12. The predicted molar refractivity (Wildman–Crippen MR) is 158 cm³/mol. The molecule has 18 atom stereocenters. The van der Waals surface area contributed by atoms with Gasteiger partial charge in [-0.2, -0.15) is 0 Å². The van der Waals surface area contributed by atoms with E-state index in [-0.39, 0.29) is 32.2 Å². The van der Waals surface area contributed by atoms with Crippen molar-refractivity contribution in [3.8, 4) is 0 Å². The molecule has 0 spiro atoms. The SMILES string of the molecule is C=NC1CCC(CN)OC1OC1C(N)CC(NCC(O)CO)C(O)C1OC1OC(CO)C(OC2OC(CN)C(O)C(O)C2N)C1O. The van der Waals surface area contributed by atoms with Gasteiger partial charge in [-0.25, -0.2) is 0 Å². The van der Waals surface area contributed by atoms with Crippen LogP contribution in [0.3, 0.4) is 0 Å². The van der Waals surface area contributed by atoms with Crippen molar-refractivity contribution in [1.29, 1.82) is 0 Å². The Bertz CT molecular complexity index is 947. The number of nitrogens with two attached hydrogens (primary N) is 4. The molecule has 19 nitrogen and oxygen atoms in total. The first-order valence-corrected chi connectivity index (χ1v) is 15.6. The van der Waals surface area contributed by atoms with Crippen molar-refractivity contribution < 1.29 is 64.2 Å². The van der Waals surface area contributed by atoms with E-state index >= 15 is 0 Å². The van der Waals surface area contributed by atoms with Crippen LogP contribution in [0.5, 0.6) is 0 Å². The Morgan fingerprint density at radius 2 is 1.48 bits per heavy atom. The molecule has 0 aromatic heterocycles. The van der Waals surface area contributed by atoms with E-state index in [0.717, 1.165) is 0 Å². The number of aliphatic hydroxyl groups excluding tert-OH is 7. The van der Waals surface area contributed by atoms with Gasteiger partial charge in [0.2, 0.25) is 0 Å². The van der Waals surface area contributed by atoms with Gasteiger partial charge in [-0.15, -0.1) is 0 Å². The van der Waals surface area contributed by atoms with E-state index in [0.29, 0.717) is 12.8 Å². The van der Waals surface area contributed by atoms with Gasteiger partial charge >= 0.3 is 0 Å². The number of aliphatic hydroxyl groups is 7. The van der Waals surface area contributed by atoms with Gasteiger partial charge in [0.25, 0.3) is 0 Å². The molecule has 268 valence electrons. The second kappa shape index (κ2) is 17.1.